The van der Waals surface area contributed by atoms with Crippen molar-refractivity contribution in [2.24, 2.45) is 7.05 Å². The zero-order valence-corrected chi connectivity index (χ0v) is 18.1. The van der Waals surface area contributed by atoms with E-state index in [2.05, 4.69) is 22.3 Å². The van der Waals surface area contributed by atoms with Crippen molar-refractivity contribution in [3.63, 3.8) is 0 Å². The van der Waals surface area contributed by atoms with Crippen molar-refractivity contribution in [2.45, 2.75) is 51.9 Å². The smallest absolute Gasteiger partial charge is 0.290 e. The first-order chi connectivity index (χ1) is 14.7. The monoisotopic (exact) mass is 428 g/mol. The van der Waals surface area contributed by atoms with E-state index < -0.39 is 11.7 Å². The second-order valence-electron chi connectivity index (χ2n) is 8.46. The molecule has 164 valence electrons. The lowest BCUT2D eigenvalue weighted by Gasteiger charge is -2.24. The van der Waals surface area contributed by atoms with Gasteiger partial charge in [0.2, 0.25) is 0 Å². The highest BCUT2D eigenvalue weighted by atomic mass is 19.4. The molecule has 1 fully saturated rings. The Balaban J connectivity index is 1.53. The molecule has 1 aromatic carbocycles. The first-order valence-corrected chi connectivity index (χ1v) is 10.6. The minimum absolute atomic E-state index is 0.242. The normalized spacial score (nSPS) is 17.4. The number of likely N-dealkylation sites (tertiary alicyclic amines) is 1. The van der Waals surface area contributed by atoms with Crippen LogP contribution in [0.1, 0.15) is 58.2 Å². The SMILES string of the molecule is Cc1cc(Cc2ccc(C(F)(F)F)cc2)cc(C2CCCN2Cc2cn(C)nc2C)n1. The molecule has 4 nitrogen and oxygen atoms in total. The fraction of sp³-hybridized carbons (Fsp3) is 0.417. The molecule has 1 unspecified atom stereocenters. The summed E-state index contributed by atoms with van der Waals surface area (Å²) in [7, 11) is 1.94. The van der Waals surface area contributed by atoms with Crippen LogP contribution in [0, 0.1) is 13.8 Å². The fourth-order valence-electron chi connectivity index (χ4n) is 4.46. The van der Waals surface area contributed by atoms with Gasteiger partial charge >= 0.3 is 6.18 Å². The van der Waals surface area contributed by atoms with Crippen LogP contribution >= 0.6 is 0 Å². The zero-order chi connectivity index (χ0) is 22.2. The lowest BCUT2D eigenvalue weighted by Crippen LogP contribution is -2.24. The summed E-state index contributed by atoms with van der Waals surface area (Å²) in [5.41, 5.74) is 5.57. The summed E-state index contributed by atoms with van der Waals surface area (Å²) in [6.07, 6.45) is 0.522. The van der Waals surface area contributed by atoms with Crippen molar-refractivity contribution in [1.29, 1.82) is 0 Å². The highest BCUT2D eigenvalue weighted by Crippen LogP contribution is 2.34. The van der Waals surface area contributed by atoms with E-state index in [1.54, 1.807) is 12.1 Å². The van der Waals surface area contributed by atoms with Gasteiger partial charge in [0.25, 0.3) is 0 Å². The summed E-state index contributed by atoms with van der Waals surface area (Å²) in [4.78, 5) is 7.26. The maximum atomic E-state index is 12.8. The molecule has 0 N–H and O–H groups in total. The van der Waals surface area contributed by atoms with E-state index in [1.165, 1.54) is 5.56 Å². The number of nitrogens with zero attached hydrogens (tertiary/aromatic N) is 4. The topological polar surface area (TPSA) is 34.0 Å². The van der Waals surface area contributed by atoms with Crippen molar-refractivity contribution in [1.82, 2.24) is 19.7 Å². The van der Waals surface area contributed by atoms with Gasteiger partial charge in [0.05, 0.1) is 23.0 Å². The number of benzene rings is 1. The summed E-state index contributed by atoms with van der Waals surface area (Å²) in [6.45, 7) is 5.87. The molecule has 1 atom stereocenters. The van der Waals surface area contributed by atoms with E-state index in [0.717, 1.165) is 66.3 Å². The van der Waals surface area contributed by atoms with Gasteiger partial charge in [0, 0.05) is 31.0 Å². The summed E-state index contributed by atoms with van der Waals surface area (Å²) >= 11 is 0. The third kappa shape index (κ3) is 4.98. The van der Waals surface area contributed by atoms with Crippen LogP contribution in [0.4, 0.5) is 13.2 Å². The van der Waals surface area contributed by atoms with Crippen molar-refractivity contribution in [3.05, 3.63) is 81.9 Å². The molecule has 3 aromatic rings. The maximum absolute atomic E-state index is 12.8. The van der Waals surface area contributed by atoms with Crippen LogP contribution in [0.3, 0.4) is 0 Å². The summed E-state index contributed by atoms with van der Waals surface area (Å²) in [6, 6.07) is 9.80. The molecule has 0 amide bonds. The molecule has 3 heterocycles. The van der Waals surface area contributed by atoms with Gasteiger partial charge in [-0.1, -0.05) is 12.1 Å². The molecule has 31 heavy (non-hydrogen) atoms. The van der Waals surface area contributed by atoms with Crippen LogP contribution in [0.5, 0.6) is 0 Å². The molecular formula is C24H27F3N4. The number of hydrogen-bond acceptors (Lipinski definition) is 3. The fourth-order valence-corrected chi connectivity index (χ4v) is 4.46. The van der Waals surface area contributed by atoms with Gasteiger partial charge in [0.15, 0.2) is 0 Å². The van der Waals surface area contributed by atoms with Crippen molar-refractivity contribution >= 4 is 0 Å². The molecule has 4 rings (SSSR count). The standard InChI is InChI=1S/C24H27F3N4/c1-16-11-19(12-18-6-8-21(9-7-18)24(25,26)27)13-22(28-16)23-5-4-10-31(23)15-20-14-30(3)29-17(20)2/h6-9,11,13-14,23H,4-5,10,12,15H2,1-3H3. The van der Waals surface area contributed by atoms with Crippen LogP contribution < -0.4 is 0 Å². The molecule has 0 aliphatic carbocycles. The van der Waals surface area contributed by atoms with E-state index >= 15 is 0 Å². The Morgan fingerprint density at radius 1 is 1.06 bits per heavy atom. The van der Waals surface area contributed by atoms with Gasteiger partial charge < -0.3 is 0 Å². The Labute approximate surface area is 180 Å². The lowest BCUT2D eigenvalue weighted by molar-refractivity contribution is -0.137. The number of rotatable bonds is 5. The van der Waals surface area contributed by atoms with E-state index in [-0.39, 0.29) is 6.04 Å². The van der Waals surface area contributed by atoms with Crippen LogP contribution in [0.2, 0.25) is 0 Å². The largest absolute Gasteiger partial charge is 0.416 e. The van der Waals surface area contributed by atoms with Gasteiger partial charge in [-0.05, 0) is 75.0 Å². The van der Waals surface area contributed by atoms with Crippen LogP contribution in [-0.2, 0) is 26.2 Å². The van der Waals surface area contributed by atoms with Gasteiger partial charge in [-0.3, -0.25) is 14.6 Å². The van der Waals surface area contributed by atoms with Gasteiger partial charge in [-0.2, -0.15) is 18.3 Å². The molecule has 7 heteroatoms. The Bertz CT molecular complexity index is 1050. The molecule has 0 spiro atoms. The molecule has 0 bridgehead atoms. The predicted molar refractivity (Wildman–Crippen MR) is 114 cm³/mol. The minimum atomic E-state index is -4.31. The first-order valence-electron chi connectivity index (χ1n) is 10.6. The quantitative estimate of drug-likeness (QED) is 0.547. The molecule has 0 radical (unpaired) electrons. The van der Waals surface area contributed by atoms with Crippen molar-refractivity contribution in [2.75, 3.05) is 6.54 Å². The van der Waals surface area contributed by atoms with Crippen LogP contribution in [0.25, 0.3) is 0 Å². The number of halogens is 3. The number of aryl methyl sites for hydroxylation is 3. The maximum Gasteiger partial charge on any atom is 0.416 e. The van der Waals surface area contributed by atoms with Gasteiger partial charge in [0.1, 0.15) is 0 Å². The van der Waals surface area contributed by atoms with Crippen molar-refractivity contribution in [3.8, 4) is 0 Å². The molecule has 2 aromatic heterocycles. The average Bonchev–Trinajstić information content (AvgIpc) is 3.27. The Hall–Kier alpha value is -2.67. The number of aromatic nitrogens is 3. The minimum Gasteiger partial charge on any atom is -0.290 e. The molecule has 1 saturated heterocycles. The second-order valence-corrected chi connectivity index (χ2v) is 8.46. The van der Waals surface area contributed by atoms with Gasteiger partial charge in [-0.25, -0.2) is 0 Å². The summed E-state index contributed by atoms with van der Waals surface area (Å²) < 4.78 is 40.3. The van der Waals surface area contributed by atoms with E-state index in [9.17, 15) is 13.2 Å². The highest BCUT2D eigenvalue weighted by Gasteiger charge is 2.30. The van der Waals surface area contributed by atoms with Crippen LogP contribution in [-0.4, -0.2) is 26.2 Å². The Morgan fingerprint density at radius 3 is 2.45 bits per heavy atom. The summed E-state index contributed by atoms with van der Waals surface area (Å²) in [5.74, 6) is 0. The molecule has 1 aliphatic rings. The third-order valence-electron chi connectivity index (χ3n) is 5.92. The Morgan fingerprint density at radius 2 is 1.81 bits per heavy atom. The van der Waals surface area contributed by atoms with E-state index in [0.29, 0.717) is 6.42 Å². The molecular weight excluding hydrogens is 401 g/mol. The van der Waals surface area contributed by atoms with E-state index in [4.69, 9.17) is 4.98 Å². The van der Waals surface area contributed by atoms with Gasteiger partial charge in [-0.15, -0.1) is 0 Å². The highest BCUT2D eigenvalue weighted by molar-refractivity contribution is 5.32. The number of hydrogen-bond donors (Lipinski definition) is 0. The summed E-state index contributed by atoms with van der Waals surface area (Å²) in [5, 5.41) is 4.45. The van der Waals surface area contributed by atoms with E-state index in [1.807, 2.05) is 31.6 Å². The molecule has 0 saturated carbocycles. The third-order valence-corrected chi connectivity index (χ3v) is 5.92. The van der Waals surface area contributed by atoms with Crippen LogP contribution in [0.15, 0.2) is 42.6 Å². The lowest BCUT2D eigenvalue weighted by atomic mass is 10.0. The first kappa shape index (κ1) is 21.6. The second kappa shape index (κ2) is 8.46. The number of pyridine rings is 1. The number of alkyl halides is 3. The van der Waals surface area contributed by atoms with Crippen molar-refractivity contribution < 1.29 is 13.2 Å². The predicted octanol–water partition coefficient (Wildman–Crippen LogP) is 5.38. The average molecular weight is 429 g/mol. The molecule has 1 aliphatic heterocycles. The Kier molecular flexibility index (Phi) is 5.88. The zero-order valence-electron chi connectivity index (χ0n) is 18.1.